The van der Waals surface area contributed by atoms with E-state index in [4.69, 9.17) is 0 Å². The molecule has 3 heterocycles. The number of piperazine rings is 1. The van der Waals surface area contributed by atoms with Crippen molar-refractivity contribution in [1.29, 1.82) is 0 Å². The smallest absolute Gasteiger partial charge is 0.222 e. The first-order valence-corrected chi connectivity index (χ1v) is 9.57. The van der Waals surface area contributed by atoms with Gasteiger partial charge < -0.3 is 9.80 Å². The van der Waals surface area contributed by atoms with Crippen LogP contribution in [0, 0.1) is 12.8 Å². The molecule has 1 aliphatic heterocycles. The molecule has 26 heavy (non-hydrogen) atoms. The fourth-order valence-electron chi connectivity index (χ4n) is 4.00. The average molecular weight is 354 g/mol. The fourth-order valence-corrected chi connectivity index (χ4v) is 4.00. The van der Waals surface area contributed by atoms with Crippen molar-refractivity contribution in [2.24, 2.45) is 5.92 Å². The molecule has 0 unspecified atom stereocenters. The molecule has 0 aromatic carbocycles. The van der Waals surface area contributed by atoms with Gasteiger partial charge in [0, 0.05) is 51.1 Å². The van der Waals surface area contributed by atoms with Crippen LogP contribution in [0.2, 0.25) is 0 Å². The van der Waals surface area contributed by atoms with Crippen molar-refractivity contribution in [3.63, 3.8) is 0 Å². The second-order valence-electron chi connectivity index (χ2n) is 7.30. The van der Waals surface area contributed by atoms with Gasteiger partial charge in [-0.25, -0.2) is 14.6 Å². The van der Waals surface area contributed by atoms with Gasteiger partial charge in [0.25, 0.3) is 0 Å². The number of nitrogens with zero attached hydrogens (tertiary/aromatic N) is 6. The maximum atomic E-state index is 12.5. The summed E-state index contributed by atoms with van der Waals surface area (Å²) in [6.45, 7) is 5.06. The molecule has 7 nitrogen and oxygen atoms in total. The van der Waals surface area contributed by atoms with Gasteiger partial charge in [0.2, 0.25) is 5.91 Å². The summed E-state index contributed by atoms with van der Waals surface area (Å²) >= 11 is 0. The van der Waals surface area contributed by atoms with Crippen LogP contribution < -0.4 is 4.90 Å². The third kappa shape index (κ3) is 3.71. The Morgan fingerprint density at radius 3 is 2.54 bits per heavy atom. The van der Waals surface area contributed by atoms with Crippen molar-refractivity contribution in [3.05, 3.63) is 30.4 Å². The maximum absolute atomic E-state index is 12.5. The van der Waals surface area contributed by atoms with E-state index in [9.17, 15) is 4.79 Å². The Morgan fingerprint density at radius 1 is 1.12 bits per heavy atom. The zero-order chi connectivity index (χ0) is 17.9. The van der Waals surface area contributed by atoms with Crippen molar-refractivity contribution < 1.29 is 4.79 Å². The Balaban J connectivity index is 1.39. The quantitative estimate of drug-likeness (QED) is 0.842. The SMILES string of the molecule is Cc1nc(N2CCN(C(=O)CC3CCCC3)CC2)cc(-n2cccn2)n1. The molecule has 0 atom stereocenters. The Morgan fingerprint density at radius 2 is 1.85 bits per heavy atom. The van der Waals surface area contributed by atoms with Gasteiger partial charge in [-0.3, -0.25) is 4.79 Å². The summed E-state index contributed by atoms with van der Waals surface area (Å²) in [5.74, 6) is 3.35. The molecule has 0 spiro atoms. The van der Waals surface area contributed by atoms with E-state index in [0.717, 1.165) is 50.1 Å². The number of rotatable bonds is 4. The highest BCUT2D eigenvalue weighted by Gasteiger charge is 2.25. The molecule has 2 fully saturated rings. The molecule has 0 N–H and O–H groups in total. The molecule has 1 saturated carbocycles. The molecule has 4 rings (SSSR count). The topological polar surface area (TPSA) is 67.2 Å². The summed E-state index contributed by atoms with van der Waals surface area (Å²) in [7, 11) is 0. The number of aryl methyl sites for hydroxylation is 1. The van der Waals surface area contributed by atoms with Gasteiger partial charge in [-0.15, -0.1) is 0 Å². The zero-order valence-corrected chi connectivity index (χ0v) is 15.3. The van der Waals surface area contributed by atoms with Crippen LogP contribution in [-0.2, 0) is 4.79 Å². The molecular formula is C19H26N6O. The van der Waals surface area contributed by atoms with E-state index in [-0.39, 0.29) is 0 Å². The first-order valence-electron chi connectivity index (χ1n) is 9.57. The van der Waals surface area contributed by atoms with Gasteiger partial charge in [0.05, 0.1) is 0 Å². The van der Waals surface area contributed by atoms with E-state index in [1.165, 1.54) is 25.7 Å². The van der Waals surface area contributed by atoms with E-state index in [2.05, 4.69) is 20.0 Å². The molecule has 0 radical (unpaired) electrons. The normalized spacial score (nSPS) is 18.5. The first kappa shape index (κ1) is 17.0. The summed E-state index contributed by atoms with van der Waals surface area (Å²) in [5, 5.41) is 4.25. The number of aromatic nitrogens is 4. The van der Waals surface area contributed by atoms with Crippen molar-refractivity contribution >= 4 is 11.7 Å². The number of amides is 1. The third-order valence-corrected chi connectivity index (χ3v) is 5.44. The minimum absolute atomic E-state index is 0.327. The van der Waals surface area contributed by atoms with Crippen LogP contribution in [0.5, 0.6) is 0 Å². The van der Waals surface area contributed by atoms with E-state index in [1.54, 1.807) is 10.9 Å². The standard InChI is InChI=1S/C19H26N6O/c1-15-21-17(14-18(22-15)25-8-4-7-20-25)23-9-11-24(12-10-23)19(26)13-16-5-2-3-6-16/h4,7-8,14,16H,2-3,5-6,9-13H2,1H3. The summed E-state index contributed by atoms with van der Waals surface area (Å²) in [4.78, 5) is 25.9. The molecular weight excluding hydrogens is 328 g/mol. The van der Waals surface area contributed by atoms with Gasteiger partial charge in [-0.1, -0.05) is 12.8 Å². The van der Waals surface area contributed by atoms with Crippen LogP contribution in [0.3, 0.4) is 0 Å². The van der Waals surface area contributed by atoms with Crippen molar-refractivity contribution in [2.75, 3.05) is 31.1 Å². The molecule has 2 aromatic rings. The molecule has 1 aliphatic carbocycles. The Bertz CT molecular complexity index is 745. The van der Waals surface area contributed by atoms with E-state index < -0.39 is 0 Å². The molecule has 2 aliphatic rings. The summed E-state index contributed by atoms with van der Waals surface area (Å²) in [6.07, 6.45) is 9.38. The molecule has 2 aromatic heterocycles. The monoisotopic (exact) mass is 354 g/mol. The second-order valence-corrected chi connectivity index (χ2v) is 7.30. The summed E-state index contributed by atoms with van der Waals surface area (Å²) in [5.41, 5.74) is 0. The lowest BCUT2D eigenvalue weighted by molar-refractivity contribution is -0.132. The van der Waals surface area contributed by atoms with Gasteiger partial charge in [-0.2, -0.15) is 5.10 Å². The largest absolute Gasteiger partial charge is 0.353 e. The maximum Gasteiger partial charge on any atom is 0.222 e. The van der Waals surface area contributed by atoms with Crippen LogP contribution in [0.4, 0.5) is 5.82 Å². The summed E-state index contributed by atoms with van der Waals surface area (Å²) < 4.78 is 1.75. The van der Waals surface area contributed by atoms with E-state index in [1.807, 2.05) is 30.2 Å². The first-order chi connectivity index (χ1) is 12.7. The minimum atomic E-state index is 0.327. The number of carbonyl (C=O) groups is 1. The van der Waals surface area contributed by atoms with Gasteiger partial charge in [-0.05, 0) is 31.7 Å². The number of carbonyl (C=O) groups excluding carboxylic acids is 1. The fraction of sp³-hybridized carbons (Fsp3) is 0.579. The van der Waals surface area contributed by atoms with Gasteiger partial charge in [0.1, 0.15) is 11.6 Å². The predicted molar refractivity (Wildman–Crippen MR) is 99.3 cm³/mol. The van der Waals surface area contributed by atoms with Crippen LogP contribution >= 0.6 is 0 Å². The Hall–Kier alpha value is -2.44. The van der Waals surface area contributed by atoms with Crippen LogP contribution in [0.1, 0.15) is 37.9 Å². The van der Waals surface area contributed by atoms with Gasteiger partial charge >= 0.3 is 0 Å². The molecule has 1 saturated heterocycles. The van der Waals surface area contributed by atoms with Crippen LogP contribution in [0.25, 0.3) is 5.82 Å². The van der Waals surface area contributed by atoms with E-state index >= 15 is 0 Å². The van der Waals surface area contributed by atoms with Gasteiger partial charge in [0.15, 0.2) is 5.82 Å². The predicted octanol–water partition coefficient (Wildman–Crippen LogP) is 2.20. The average Bonchev–Trinajstić information content (AvgIpc) is 3.35. The molecule has 1 amide bonds. The number of hydrogen-bond acceptors (Lipinski definition) is 5. The van der Waals surface area contributed by atoms with Crippen molar-refractivity contribution in [1.82, 2.24) is 24.6 Å². The third-order valence-electron chi connectivity index (χ3n) is 5.44. The molecule has 138 valence electrons. The lowest BCUT2D eigenvalue weighted by Gasteiger charge is -2.36. The molecule has 7 heteroatoms. The second kappa shape index (κ2) is 7.43. The van der Waals surface area contributed by atoms with Crippen LogP contribution in [0.15, 0.2) is 24.5 Å². The lowest BCUT2D eigenvalue weighted by atomic mass is 10.0. The highest BCUT2D eigenvalue weighted by atomic mass is 16.2. The Labute approximate surface area is 154 Å². The number of anilines is 1. The molecule has 0 bridgehead atoms. The lowest BCUT2D eigenvalue weighted by Crippen LogP contribution is -2.49. The highest BCUT2D eigenvalue weighted by molar-refractivity contribution is 5.76. The Kier molecular flexibility index (Phi) is 4.86. The minimum Gasteiger partial charge on any atom is -0.353 e. The van der Waals surface area contributed by atoms with E-state index in [0.29, 0.717) is 11.8 Å². The number of hydrogen-bond donors (Lipinski definition) is 0. The van der Waals surface area contributed by atoms with Crippen molar-refractivity contribution in [2.45, 2.75) is 39.0 Å². The van der Waals surface area contributed by atoms with Crippen molar-refractivity contribution in [3.8, 4) is 5.82 Å². The zero-order valence-electron chi connectivity index (χ0n) is 15.3. The van der Waals surface area contributed by atoms with Crippen LogP contribution in [-0.4, -0.2) is 56.7 Å². The highest BCUT2D eigenvalue weighted by Crippen LogP contribution is 2.28. The summed E-state index contributed by atoms with van der Waals surface area (Å²) in [6, 6.07) is 3.85.